The number of nitrogens with zero attached hydrogens (tertiary/aromatic N) is 2. The van der Waals surface area contributed by atoms with Crippen LogP contribution in [-0.4, -0.2) is 68.6 Å². The van der Waals surface area contributed by atoms with E-state index >= 15 is 0 Å². The Kier molecular flexibility index (Phi) is 8.50. The van der Waals surface area contributed by atoms with Crippen LogP contribution in [-0.2, 0) is 0 Å². The van der Waals surface area contributed by atoms with Gasteiger partial charge in [-0.05, 0) is 75.8 Å². The van der Waals surface area contributed by atoms with Crippen LogP contribution in [0.15, 0.2) is 48.5 Å². The zero-order valence-electron chi connectivity index (χ0n) is 19.3. The van der Waals surface area contributed by atoms with Crippen molar-refractivity contribution in [1.82, 2.24) is 15.1 Å². The molecule has 1 aliphatic heterocycles. The molecule has 1 saturated heterocycles. The molecule has 1 heterocycles. The maximum Gasteiger partial charge on any atom is 0.321 e. The van der Waals surface area contributed by atoms with E-state index in [1.165, 1.54) is 0 Å². The molecule has 0 bridgehead atoms. The number of nitrogens with one attached hydrogen (secondary N) is 2. The third-order valence-corrected chi connectivity index (χ3v) is 5.59. The quantitative estimate of drug-likeness (QED) is 0.658. The van der Waals surface area contributed by atoms with Crippen molar-refractivity contribution >= 4 is 17.6 Å². The number of likely N-dealkylation sites (N-methyl/N-ethyl adjacent to an activating group) is 1. The van der Waals surface area contributed by atoms with Crippen LogP contribution in [0.2, 0.25) is 0 Å². The first-order chi connectivity index (χ1) is 15.5. The fourth-order valence-electron chi connectivity index (χ4n) is 3.87. The molecule has 2 N–H and O–H groups in total. The summed E-state index contributed by atoms with van der Waals surface area (Å²) in [6, 6.07) is 15.1. The number of piperidine rings is 1. The summed E-state index contributed by atoms with van der Waals surface area (Å²) in [4.78, 5) is 29.2. The minimum absolute atomic E-state index is 0.0605. The van der Waals surface area contributed by atoms with Crippen molar-refractivity contribution in [3.05, 3.63) is 59.7 Å². The van der Waals surface area contributed by atoms with Gasteiger partial charge in [0.2, 0.25) is 0 Å². The van der Waals surface area contributed by atoms with Gasteiger partial charge in [0.15, 0.2) is 0 Å². The van der Waals surface area contributed by atoms with Crippen molar-refractivity contribution in [2.45, 2.75) is 25.7 Å². The van der Waals surface area contributed by atoms with Gasteiger partial charge >= 0.3 is 6.03 Å². The summed E-state index contributed by atoms with van der Waals surface area (Å²) in [5.41, 5.74) is 2.51. The van der Waals surface area contributed by atoms with E-state index in [-0.39, 0.29) is 17.9 Å². The molecule has 0 radical (unpaired) electrons. The second kappa shape index (κ2) is 11.5. The Morgan fingerprint density at radius 3 is 2.66 bits per heavy atom. The molecule has 0 aromatic heterocycles. The molecule has 7 heteroatoms. The van der Waals surface area contributed by atoms with E-state index in [1.54, 1.807) is 0 Å². The second-order valence-corrected chi connectivity index (χ2v) is 8.36. The number of ether oxygens (including phenoxy) is 1. The summed E-state index contributed by atoms with van der Waals surface area (Å²) in [6.45, 7) is 5.32. The van der Waals surface area contributed by atoms with Gasteiger partial charge in [0.25, 0.3) is 5.91 Å². The van der Waals surface area contributed by atoms with Crippen LogP contribution < -0.4 is 15.4 Å². The number of benzene rings is 2. The third kappa shape index (κ3) is 6.72. The van der Waals surface area contributed by atoms with E-state index in [1.807, 2.05) is 73.3 Å². The summed E-state index contributed by atoms with van der Waals surface area (Å²) < 4.78 is 5.45. The average Bonchev–Trinajstić information content (AvgIpc) is 2.80. The Morgan fingerprint density at radius 2 is 1.94 bits per heavy atom. The number of amides is 3. The van der Waals surface area contributed by atoms with Gasteiger partial charge in [-0.15, -0.1) is 0 Å². The van der Waals surface area contributed by atoms with E-state index in [0.29, 0.717) is 25.3 Å². The zero-order chi connectivity index (χ0) is 22.9. The molecule has 2 aromatic rings. The van der Waals surface area contributed by atoms with Crippen molar-refractivity contribution in [1.29, 1.82) is 0 Å². The minimum atomic E-state index is -0.101. The fraction of sp³-hybridized carbons (Fsp3) is 0.440. The molecule has 0 aliphatic carbocycles. The lowest BCUT2D eigenvalue weighted by Gasteiger charge is -2.33. The highest BCUT2D eigenvalue weighted by atomic mass is 16.5. The standard InChI is InChI=1S/C25H34N4O3/c1-4-32-23-12-10-22(11-13-23)27-25(31)29-15-6-9-21(18-29)19-7-5-8-20(17-19)24(30)26-14-16-28(2)3/h5,7-8,10-13,17,21H,4,6,9,14-16,18H2,1-3H3,(H,26,30)(H,27,31)/t21-/m1/s1. The number of anilines is 1. The molecule has 0 unspecified atom stereocenters. The number of carbonyl (C=O) groups is 2. The smallest absolute Gasteiger partial charge is 0.321 e. The predicted octanol–water partition coefficient (Wildman–Crippen LogP) is 3.79. The molecule has 1 aliphatic rings. The number of hydrogen-bond donors (Lipinski definition) is 2. The van der Waals surface area contributed by atoms with Crippen LogP contribution in [0.1, 0.15) is 41.6 Å². The Labute approximate surface area is 190 Å². The van der Waals surface area contributed by atoms with Crippen LogP contribution in [0.4, 0.5) is 10.5 Å². The monoisotopic (exact) mass is 438 g/mol. The third-order valence-electron chi connectivity index (χ3n) is 5.59. The highest BCUT2D eigenvalue weighted by Gasteiger charge is 2.25. The van der Waals surface area contributed by atoms with Crippen molar-refractivity contribution in [3.63, 3.8) is 0 Å². The second-order valence-electron chi connectivity index (χ2n) is 8.36. The van der Waals surface area contributed by atoms with E-state index in [9.17, 15) is 9.59 Å². The molecule has 3 amide bonds. The topological polar surface area (TPSA) is 73.9 Å². The first-order valence-corrected chi connectivity index (χ1v) is 11.3. The Morgan fingerprint density at radius 1 is 1.16 bits per heavy atom. The molecular formula is C25H34N4O3. The summed E-state index contributed by atoms with van der Waals surface area (Å²) in [5, 5.41) is 5.94. The van der Waals surface area contributed by atoms with Gasteiger partial charge in [0, 0.05) is 43.3 Å². The molecule has 0 saturated carbocycles. The number of rotatable bonds is 8. The molecule has 1 fully saturated rings. The number of urea groups is 1. The SMILES string of the molecule is CCOc1ccc(NC(=O)N2CCC[C@@H](c3cccc(C(=O)NCCN(C)C)c3)C2)cc1. The van der Waals surface area contributed by atoms with Gasteiger partial charge in [-0.3, -0.25) is 4.79 Å². The molecule has 2 aromatic carbocycles. The van der Waals surface area contributed by atoms with Crippen LogP contribution in [0, 0.1) is 0 Å². The van der Waals surface area contributed by atoms with E-state index in [0.717, 1.165) is 42.9 Å². The normalized spacial score (nSPS) is 16.0. The van der Waals surface area contributed by atoms with Gasteiger partial charge < -0.3 is 25.2 Å². The van der Waals surface area contributed by atoms with E-state index in [4.69, 9.17) is 4.74 Å². The van der Waals surface area contributed by atoms with Gasteiger partial charge in [0.05, 0.1) is 6.61 Å². The Bertz CT molecular complexity index is 898. The molecule has 0 spiro atoms. The highest BCUT2D eigenvalue weighted by Crippen LogP contribution is 2.28. The highest BCUT2D eigenvalue weighted by molar-refractivity contribution is 5.94. The van der Waals surface area contributed by atoms with Crippen LogP contribution in [0.3, 0.4) is 0 Å². The lowest BCUT2D eigenvalue weighted by Crippen LogP contribution is -2.41. The maximum atomic E-state index is 12.8. The zero-order valence-corrected chi connectivity index (χ0v) is 19.3. The lowest BCUT2D eigenvalue weighted by atomic mass is 9.89. The average molecular weight is 439 g/mol. The summed E-state index contributed by atoms with van der Waals surface area (Å²) in [6.07, 6.45) is 1.93. The van der Waals surface area contributed by atoms with Gasteiger partial charge in [-0.2, -0.15) is 0 Å². The number of hydrogen-bond acceptors (Lipinski definition) is 4. The largest absolute Gasteiger partial charge is 0.494 e. The van der Waals surface area contributed by atoms with Gasteiger partial charge in [0.1, 0.15) is 5.75 Å². The Hall–Kier alpha value is -3.06. The van der Waals surface area contributed by atoms with Crippen LogP contribution in [0.25, 0.3) is 0 Å². The van der Waals surface area contributed by atoms with Crippen molar-refractivity contribution in [3.8, 4) is 5.75 Å². The predicted molar refractivity (Wildman–Crippen MR) is 128 cm³/mol. The first-order valence-electron chi connectivity index (χ1n) is 11.3. The van der Waals surface area contributed by atoms with Crippen LogP contribution >= 0.6 is 0 Å². The van der Waals surface area contributed by atoms with Crippen LogP contribution in [0.5, 0.6) is 5.75 Å². The van der Waals surface area contributed by atoms with Gasteiger partial charge in [-0.25, -0.2) is 4.79 Å². The summed E-state index contributed by atoms with van der Waals surface area (Å²) in [7, 11) is 3.96. The van der Waals surface area contributed by atoms with E-state index < -0.39 is 0 Å². The first kappa shape index (κ1) is 23.6. The molecule has 32 heavy (non-hydrogen) atoms. The number of likely N-dealkylation sites (tertiary alicyclic amines) is 1. The Balaban J connectivity index is 1.59. The maximum absolute atomic E-state index is 12.8. The van der Waals surface area contributed by atoms with Gasteiger partial charge in [-0.1, -0.05) is 12.1 Å². The molecule has 3 rings (SSSR count). The summed E-state index contributed by atoms with van der Waals surface area (Å²) in [5.74, 6) is 0.938. The molecular weight excluding hydrogens is 404 g/mol. The van der Waals surface area contributed by atoms with Crippen molar-refractivity contribution < 1.29 is 14.3 Å². The van der Waals surface area contributed by atoms with Crippen molar-refractivity contribution in [2.75, 3.05) is 52.2 Å². The number of carbonyl (C=O) groups excluding carboxylic acids is 2. The summed E-state index contributed by atoms with van der Waals surface area (Å²) >= 11 is 0. The van der Waals surface area contributed by atoms with E-state index in [2.05, 4.69) is 16.7 Å². The molecule has 172 valence electrons. The minimum Gasteiger partial charge on any atom is -0.494 e. The van der Waals surface area contributed by atoms with Crippen molar-refractivity contribution in [2.24, 2.45) is 0 Å². The fourth-order valence-corrected chi connectivity index (χ4v) is 3.87. The molecule has 1 atom stereocenters. The lowest BCUT2D eigenvalue weighted by molar-refractivity contribution is 0.0950. The molecule has 7 nitrogen and oxygen atoms in total.